The van der Waals surface area contributed by atoms with Crippen LogP contribution >= 0.6 is 23.2 Å². The summed E-state index contributed by atoms with van der Waals surface area (Å²) in [6, 6.07) is 6.11. The van der Waals surface area contributed by atoms with Gasteiger partial charge in [-0.1, -0.05) is 29.3 Å². The Labute approximate surface area is 104 Å². The lowest BCUT2D eigenvalue weighted by Crippen LogP contribution is -2.10. The van der Waals surface area contributed by atoms with Crippen molar-refractivity contribution in [2.45, 2.75) is 18.9 Å². The number of nitrogens with zero attached hydrogens (tertiary/aromatic N) is 1. The molecule has 0 saturated carbocycles. The first-order valence-electron chi connectivity index (χ1n) is 5.05. The van der Waals surface area contributed by atoms with Crippen molar-refractivity contribution in [2.75, 3.05) is 6.61 Å². The van der Waals surface area contributed by atoms with E-state index < -0.39 is 0 Å². The third-order valence-electron chi connectivity index (χ3n) is 2.48. The Morgan fingerprint density at radius 1 is 1.38 bits per heavy atom. The Morgan fingerprint density at radius 2 is 2.19 bits per heavy atom. The predicted molar refractivity (Wildman–Crippen MR) is 66.1 cm³/mol. The third-order valence-corrected chi connectivity index (χ3v) is 3.22. The second-order valence-electron chi connectivity index (χ2n) is 3.72. The first-order valence-corrected chi connectivity index (χ1v) is 5.81. The predicted octanol–water partition coefficient (Wildman–Crippen LogP) is 2.64. The lowest BCUT2D eigenvalue weighted by molar-refractivity contribution is 0.308. The molecule has 5 heteroatoms. The molecule has 0 fully saturated rings. The third kappa shape index (κ3) is 2.80. The van der Waals surface area contributed by atoms with E-state index in [-0.39, 0.29) is 6.04 Å². The molecule has 0 radical (unpaired) electrons. The fraction of sp³-hybridized carbons (Fsp3) is 0.364. The summed E-state index contributed by atoms with van der Waals surface area (Å²) in [6.45, 7) is 0.577. The molecular weight excluding hydrogens is 247 g/mol. The van der Waals surface area contributed by atoms with Gasteiger partial charge in [-0.3, -0.25) is 0 Å². The molecule has 0 bridgehead atoms. The molecule has 2 N–H and O–H groups in total. The lowest BCUT2D eigenvalue weighted by Gasteiger charge is -2.05. The molecule has 0 aromatic heterocycles. The number of nitrogens with two attached hydrogens (primary N) is 1. The van der Waals surface area contributed by atoms with E-state index in [0.29, 0.717) is 22.7 Å². The van der Waals surface area contributed by atoms with Crippen LogP contribution in [0.2, 0.25) is 10.0 Å². The van der Waals surface area contributed by atoms with Gasteiger partial charge < -0.3 is 10.5 Å². The van der Waals surface area contributed by atoms with Crippen molar-refractivity contribution in [3.63, 3.8) is 0 Å². The van der Waals surface area contributed by atoms with Crippen LogP contribution in [0.4, 0.5) is 0 Å². The Hall–Kier alpha value is -0.930. The maximum absolute atomic E-state index is 5.93. The van der Waals surface area contributed by atoms with Crippen LogP contribution in [0.15, 0.2) is 23.2 Å². The van der Waals surface area contributed by atoms with E-state index in [1.165, 1.54) is 0 Å². The smallest absolute Gasteiger partial charge is 0.282 e. The van der Waals surface area contributed by atoms with Crippen molar-refractivity contribution in [3.8, 4) is 0 Å². The van der Waals surface area contributed by atoms with Crippen molar-refractivity contribution in [2.24, 2.45) is 10.7 Å². The minimum Gasteiger partial charge on any atom is -0.463 e. The standard InChI is InChI=1S/C11H12Cl2N2O/c12-9-4-2-7(5-10(9)13)1-3-8-6-16-11(14)15-8/h2,4-5,8H,1,3,6H2,(H2,14,15)/t8-/m1/s1. The zero-order valence-corrected chi connectivity index (χ0v) is 10.1. The summed E-state index contributed by atoms with van der Waals surface area (Å²) in [5.41, 5.74) is 6.58. The van der Waals surface area contributed by atoms with Gasteiger partial charge in [0.05, 0.1) is 16.1 Å². The van der Waals surface area contributed by atoms with Gasteiger partial charge >= 0.3 is 0 Å². The van der Waals surface area contributed by atoms with Crippen molar-refractivity contribution in [3.05, 3.63) is 33.8 Å². The van der Waals surface area contributed by atoms with Gasteiger partial charge in [0.1, 0.15) is 6.61 Å². The minimum atomic E-state index is 0.162. The normalized spacial score (nSPS) is 19.4. The zero-order valence-electron chi connectivity index (χ0n) is 8.62. The number of amidine groups is 1. The Bertz CT molecular complexity index is 420. The first-order chi connectivity index (χ1) is 7.65. The van der Waals surface area contributed by atoms with Crippen LogP contribution in [0.25, 0.3) is 0 Å². The maximum Gasteiger partial charge on any atom is 0.282 e. The molecule has 2 rings (SSSR count). The second kappa shape index (κ2) is 4.93. The number of aliphatic imine (C=N–C) groups is 1. The summed E-state index contributed by atoms with van der Waals surface area (Å²) in [7, 11) is 0. The fourth-order valence-corrected chi connectivity index (χ4v) is 1.93. The molecule has 0 amide bonds. The molecule has 0 unspecified atom stereocenters. The molecule has 1 aromatic rings. The minimum absolute atomic E-state index is 0.162. The number of benzene rings is 1. The largest absolute Gasteiger partial charge is 0.463 e. The van der Waals surface area contributed by atoms with E-state index in [4.69, 9.17) is 33.7 Å². The van der Waals surface area contributed by atoms with Crippen molar-refractivity contribution in [1.29, 1.82) is 0 Å². The molecule has 1 atom stereocenters. The molecular formula is C11H12Cl2N2O. The van der Waals surface area contributed by atoms with Crippen LogP contribution in [0.5, 0.6) is 0 Å². The Kier molecular flexibility index (Phi) is 3.56. The van der Waals surface area contributed by atoms with Crippen LogP contribution in [0, 0.1) is 0 Å². The van der Waals surface area contributed by atoms with E-state index in [1.54, 1.807) is 0 Å². The van der Waals surface area contributed by atoms with Crippen molar-refractivity contribution >= 4 is 29.2 Å². The Morgan fingerprint density at radius 3 is 2.81 bits per heavy atom. The molecule has 0 spiro atoms. The number of aryl methyl sites for hydroxylation is 1. The molecule has 1 aromatic carbocycles. The van der Waals surface area contributed by atoms with Crippen LogP contribution in [0.1, 0.15) is 12.0 Å². The van der Waals surface area contributed by atoms with Gasteiger partial charge in [0.15, 0.2) is 0 Å². The first kappa shape index (κ1) is 11.6. The lowest BCUT2D eigenvalue weighted by atomic mass is 10.1. The van der Waals surface area contributed by atoms with Crippen molar-refractivity contribution < 1.29 is 4.74 Å². The summed E-state index contributed by atoms with van der Waals surface area (Å²) < 4.78 is 5.08. The van der Waals surface area contributed by atoms with Gasteiger partial charge in [0.25, 0.3) is 6.02 Å². The number of hydrogen-bond donors (Lipinski definition) is 1. The van der Waals surface area contributed by atoms with Gasteiger partial charge in [-0.2, -0.15) is 0 Å². The zero-order chi connectivity index (χ0) is 11.5. The molecule has 16 heavy (non-hydrogen) atoms. The molecule has 1 aliphatic rings. The molecule has 0 saturated heterocycles. The van der Waals surface area contributed by atoms with Gasteiger partial charge in [0, 0.05) is 0 Å². The highest BCUT2D eigenvalue weighted by molar-refractivity contribution is 6.42. The monoisotopic (exact) mass is 258 g/mol. The van der Waals surface area contributed by atoms with Crippen LogP contribution < -0.4 is 5.73 Å². The average Bonchev–Trinajstić information content (AvgIpc) is 2.66. The summed E-state index contributed by atoms with van der Waals surface area (Å²) in [5.74, 6) is 0. The van der Waals surface area contributed by atoms with E-state index in [9.17, 15) is 0 Å². The molecule has 0 aliphatic carbocycles. The van der Waals surface area contributed by atoms with E-state index in [2.05, 4.69) is 4.99 Å². The van der Waals surface area contributed by atoms with Gasteiger partial charge in [-0.05, 0) is 30.5 Å². The molecule has 3 nitrogen and oxygen atoms in total. The van der Waals surface area contributed by atoms with Crippen molar-refractivity contribution in [1.82, 2.24) is 0 Å². The van der Waals surface area contributed by atoms with E-state index >= 15 is 0 Å². The highest BCUT2D eigenvalue weighted by Crippen LogP contribution is 2.23. The van der Waals surface area contributed by atoms with Crippen LogP contribution in [-0.4, -0.2) is 18.7 Å². The van der Waals surface area contributed by atoms with Gasteiger partial charge in [0.2, 0.25) is 0 Å². The Balaban J connectivity index is 1.92. The SMILES string of the molecule is NC1=N[C@H](CCc2ccc(Cl)c(Cl)c2)CO1. The van der Waals surface area contributed by atoms with E-state index in [1.807, 2.05) is 18.2 Å². The summed E-state index contributed by atoms with van der Waals surface area (Å²) >= 11 is 11.8. The molecule has 1 heterocycles. The number of hydrogen-bond acceptors (Lipinski definition) is 3. The maximum atomic E-state index is 5.93. The fourth-order valence-electron chi connectivity index (χ4n) is 1.61. The average molecular weight is 259 g/mol. The number of rotatable bonds is 3. The van der Waals surface area contributed by atoms with Gasteiger partial charge in [-0.25, -0.2) is 4.99 Å². The highest BCUT2D eigenvalue weighted by Gasteiger charge is 2.16. The number of ether oxygens (including phenoxy) is 1. The van der Waals surface area contributed by atoms with Crippen LogP contribution in [-0.2, 0) is 11.2 Å². The molecule has 1 aliphatic heterocycles. The second-order valence-corrected chi connectivity index (χ2v) is 4.53. The highest BCUT2D eigenvalue weighted by atomic mass is 35.5. The topological polar surface area (TPSA) is 47.6 Å². The summed E-state index contributed by atoms with van der Waals surface area (Å²) in [6.07, 6.45) is 1.79. The van der Waals surface area contributed by atoms with E-state index in [0.717, 1.165) is 18.4 Å². The quantitative estimate of drug-likeness (QED) is 0.907. The van der Waals surface area contributed by atoms with Gasteiger partial charge in [-0.15, -0.1) is 0 Å². The number of halogens is 2. The molecule has 86 valence electrons. The summed E-state index contributed by atoms with van der Waals surface area (Å²) in [5, 5.41) is 1.17. The summed E-state index contributed by atoms with van der Waals surface area (Å²) in [4.78, 5) is 4.16. The van der Waals surface area contributed by atoms with Crippen LogP contribution in [0.3, 0.4) is 0 Å².